The maximum atomic E-state index is 13.7. The molecule has 1 aromatic heterocycles. The monoisotopic (exact) mass is 620 g/mol. The van der Waals surface area contributed by atoms with Gasteiger partial charge in [-0.3, -0.25) is 9.52 Å². The van der Waals surface area contributed by atoms with E-state index < -0.39 is 45.6 Å². The number of carbonyl (C=O) groups excluding carboxylic acids is 1. The van der Waals surface area contributed by atoms with Crippen molar-refractivity contribution in [3.05, 3.63) is 80.9 Å². The van der Waals surface area contributed by atoms with Crippen molar-refractivity contribution in [3.63, 3.8) is 0 Å². The Morgan fingerprint density at radius 3 is 2.54 bits per heavy atom. The molecule has 9 nitrogen and oxygen atoms in total. The molecule has 3 aromatic rings. The Hall–Kier alpha value is -2.62. The van der Waals surface area contributed by atoms with Crippen molar-refractivity contribution in [2.24, 2.45) is 0 Å². The van der Waals surface area contributed by atoms with Crippen LogP contribution in [0.1, 0.15) is 21.8 Å². The van der Waals surface area contributed by atoms with Crippen LogP contribution in [0.25, 0.3) is 0 Å². The number of hydrogen-bond donors (Lipinski definition) is 4. The van der Waals surface area contributed by atoms with Crippen molar-refractivity contribution in [2.75, 3.05) is 17.5 Å². The summed E-state index contributed by atoms with van der Waals surface area (Å²) in [5.41, 5.74) is 1.21. The zero-order valence-electron chi connectivity index (χ0n) is 18.5. The van der Waals surface area contributed by atoms with Crippen LogP contribution < -0.4 is 15.4 Å². The first kappa shape index (κ1) is 27.0. The molecule has 0 aliphatic rings. The van der Waals surface area contributed by atoms with Crippen LogP contribution in [0.4, 0.5) is 14.7 Å². The molecule has 0 fully saturated rings. The molecule has 2 atom stereocenters. The zero-order valence-corrected chi connectivity index (χ0v) is 21.4. The molecule has 0 radical (unpaired) electrons. The topological polar surface area (TPSA) is 134 Å². The van der Waals surface area contributed by atoms with Gasteiger partial charge in [-0.05, 0) is 64.4 Å². The van der Waals surface area contributed by atoms with Crippen LogP contribution in [0.15, 0.2) is 53.1 Å². The summed E-state index contributed by atoms with van der Waals surface area (Å²) in [7, 11) is -3.65. The average Bonchev–Trinajstić information content (AvgIpc) is 3.19. The van der Waals surface area contributed by atoms with E-state index >= 15 is 0 Å². The van der Waals surface area contributed by atoms with Crippen LogP contribution in [0.5, 0.6) is 0 Å². The molecule has 2 aromatic carbocycles. The summed E-state index contributed by atoms with van der Waals surface area (Å²) in [6.45, 7) is 0.504. The van der Waals surface area contributed by atoms with Gasteiger partial charge in [0.05, 0.1) is 24.6 Å². The van der Waals surface area contributed by atoms with Crippen LogP contribution in [-0.2, 0) is 23.0 Å². The first-order chi connectivity index (χ1) is 16.5. The number of rotatable bonds is 11. The number of benzene rings is 2. The molecule has 1 amide bonds. The van der Waals surface area contributed by atoms with E-state index in [4.69, 9.17) is 4.42 Å². The van der Waals surface area contributed by atoms with Gasteiger partial charge in [-0.15, -0.1) is 0 Å². The molecule has 13 heteroatoms. The van der Waals surface area contributed by atoms with E-state index in [9.17, 15) is 27.1 Å². The largest absolute Gasteiger partial charge is 0.415 e. The second-order valence-corrected chi connectivity index (χ2v) is 10.8. The summed E-state index contributed by atoms with van der Waals surface area (Å²) in [6, 6.07) is 9.69. The van der Waals surface area contributed by atoms with Crippen molar-refractivity contribution >= 4 is 44.4 Å². The van der Waals surface area contributed by atoms with Gasteiger partial charge in [0.25, 0.3) is 5.89 Å². The van der Waals surface area contributed by atoms with Gasteiger partial charge in [0.15, 0.2) is 0 Å². The molecule has 4 N–H and O–H groups in total. The van der Waals surface area contributed by atoms with Crippen LogP contribution in [0.2, 0.25) is 0 Å². The third-order valence-electron chi connectivity index (χ3n) is 4.72. The zero-order chi connectivity index (χ0) is 25.6. The highest BCUT2D eigenvalue weighted by molar-refractivity contribution is 14.1. The van der Waals surface area contributed by atoms with E-state index in [1.165, 1.54) is 0 Å². The normalized spacial score (nSPS) is 13.3. The van der Waals surface area contributed by atoms with Gasteiger partial charge in [-0.1, -0.05) is 12.1 Å². The number of halogens is 3. The molecular formula is C22H23F2IN4O5S. The van der Waals surface area contributed by atoms with Crippen molar-refractivity contribution in [1.82, 2.24) is 15.6 Å². The second-order valence-electron chi connectivity index (χ2n) is 7.79. The molecule has 188 valence electrons. The minimum Gasteiger partial charge on any atom is -0.415 e. The maximum absolute atomic E-state index is 13.7. The number of aromatic nitrogens is 1. The Morgan fingerprint density at radius 2 is 1.89 bits per heavy atom. The fourth-order valence-electron chi connectivity index (χ4n) is 3.26. The highest BCUT2D eigenvalue weighted by atomic mass is 127. The highest BCUT2D eigenvalue weighted by Gasteiger charge is 2.25. The number of nitrogens with zero attached hydrogens (tertiary/aromatic N) is 1. The van der Waals surface area contributed by atoms with Gasteiger partial charge in [0, 0.05) is 22.7 Å². The Labute approximate surface area is 214 Å². The number of nitrogens with one attached hydrogen (secondary N) is 3. The lowest BCUT2D eigenvalue weighted by Crippen LogP contribution is -2.48. The summed E-state index contributed by atoms with van der Waals surface area (Å²) < 4.78 is 58.2. The highest BCUT2D eigenvalue weighted by Crippen LogP contribution is 2.15. The van der Waals surface area contributed by atoms with Crippen molar-refractivity contribution in [2.45, 2.75) is 25.1 Å². The van der Waals surface area contributed by atoms with Crippen molar-refractivity contribution in [3.8, 4) is 0 Å². The molecule has 0 aliphatic carbocycles. The number of carbonyl (C=O) groups is 1. The number of aliphatic hydroxyl groups excluding tert-OH is 1. The number of aliphatic hydroxyl groups is 1. The minimum absolute atomic E-state index is 0.0562. The van der Waals surface area contributed by atoms with Crippen molar-refractivity contribution < 1.29 is 31.5 Å². The smallest absolute Gasteiger partial charge is 0.307 e. The third kappa shape index (κ3) is 8.83. The van der Waals surface area contributed by atoms with Gasteiger partial charge >= 0.3 is 5.91 Å². The first-order valence-electron chi connectivity index (χ1n) is 10.3. The van der Waals surface area contributed by atoms with E-state index in [2.05, 4.69) is 42.9 Å². The summed E-state index contributed by atoms with van der Waals surface area (Å²) in [6.07, 6.45) is 0.674. The Kier molecular flexibility index (Phi) is 9.15. The first-order valence-corrected chi connectivity index (χ1v) is 13.3. The summed E-state index contributed by atoms with van der Waals surface area (Å²) in [5, 5.41) is 16.4. The van der Waals surface area contributed by atoms with Gasteiger partial charge in [0.2, 0.25) is 15.9 Å². The van der Waals surface area contributed by atoms with Gasteiger partial charge in [-0.2, -0.15) is 0 Å². The van der Waals surface area contributed by atoms with Crippen LogP contribution >= 0.6 is 22.6 Å². The predicted molar refractivity (Wildman–Crippen MR) is 133 cm³/mol. The lowest BCUT2D eigenvalue weighted by atomic mass is 10.0. The molecule has 0 saturated heterocycles. The lowest BCUT2D eigenvalue weighted by molar-refractivity contribution is 0.0799. The minimum atomic E-state index is -3.65. The van der Waals surface area contributed by atoms with Crippen molar-refractivity contribution in [1.29, 1.82) is 0 Å². The predicted octanol–water partition coefficient (Wildman–Crippen LogP) is 2.42. The van der Waals surface area contributed by atoms with E-state index in [0.29, 0.717) is 6.54 Å². The number of anilines is 1. The fraction of sp³-hybridized carbons (Fsp3) is 0.273. The quantitative estimate of drug-likeness (QED) is 0.242. The number of oxazole rings is 1. The summed E-state index contributed by atoms with van der Waals surface area (Å²) in [5.74, 6) is -3.14. The standard InChI is InChI=1S/C22H23F2IN4O5S/c1-35(32,33)29-20-12-27-22(34-20)21(31)28-18(8-14-5-15(23)9-16(24)6-14)19(30)11-26-10-13-3-2-4-17(25)7-13/h2-7,9,12,18-19,26,29-30H,8,10-11H2,1H3,(H,28,31)/t18-,19-/m0/s1. The molecule has 0 aliphatic heterocycles. The van der Waals surface area contributed by atoms with E-state index in [1.54, 1.807) is 0 Å². The number of hydrogen-bond acceptors (Lipinski definition) is 7. The summed E-state index contributed by atoms with van der Waals surface area (Å²) >= 11 is 2.19. The van der Waals surface area contributed by atoms with Crippen LogP contribution in [0.3, 0.4) is 0 Å². The second kappa shape index (κ2) is 11.9. The maximum Gasteiger partial charge on any atom is 0.307 e. The lowest BCUT2D eigenvalue weighted by Gasteiger charge is -2.24. The van der Waals surface area contributed by atoms with Crippen LogP contribution in [-0.4, -0.2) is 49.4 Å². The Bertz CT molecular complexity index is 1270. The molecule has 0 spiro atoms. The van der Waals surface area contributed by atoms with E-state index in [0.717, 1.165) is 39.8 Å². The molecule has 0 unspecified atom stereocenters. The Morgan fingerprint density at radius 1 is 1.17 bits per heavy atom. The molecule has 0 bridgehead atoms. The van der Waals surface area contributed by atoms with E-state index in [-0.39, 0.29) is 24.4 Å². The van der Waals surface area contributed by atoms with Gasteiger partial charge < -0.3 is 20.2 Å². The molecular weight excluding hydrogens is 597 g/mol. The summed E-state index contributed by atoms with van der Waals surface area (Å²) in [4.78, 5) is 16.4. The molecule has 1 heterocycles. The molecule has 0 saturated carbocycles. The van der Waals surface area contributed by atoms with Crippen LogP contribution in [0, 0.1) is 15.2 Å². The number of amides is 1. The van der Waals surface area contributed by atoms with Gasteiger partial charge in [-0.25, -0.2) is 22.2 Å². The fourth-order valence-corrected chi connectivity index (χ4v) is 4.33. The SMILES string of the molecule is CS(=O)(=O)Nc1cnc(C(=O)N[C@@H](Cc2cc(F)cc(F)c2)[C@@H](O)CNCc2cccc(I)c2)o1. The number of sulfonamides is 1. The Balaban J connectivity index is 1.71. The van der Waals surface area contributed by atoms with Gasteiger partial charge in [0.1, 0.15) is 11.6 Å². The average molecular weight is 620 g/mol. The van der Waals surface area contributed by atoms with E-state index in [1.807, 2.05) is 24.3 Å². The molecule has 3 rings (SSSR count). The third-order valence-corrected chi connectivity index (χ3v) is 5.96. The molecule has 35 heavy (non-hydrogen) atoms.